The topological polar surface area (TPSA) is 26.3 Å². The summed E-state index contributed by atoms with van der Waals surface area (Å²) in [4.78, 5) is 12.1. The second-order valence-corrected chi connectivity index (χ2v) is 5.99. The van der Waals surface area contributed by atoms with Crippen LogP contribution in [-0.2, 0) is 9.53 Å². The van der Waals surface area contributed by atoms with Gasteiger partial charge in [0.2, 0.25) is 0 Å². The summed E-state index contributed by atoms with van der Waals surface area (Å²) in [5, 5.41) is 0. The van der Waals surface area contributed by atoms with Crippen LogP contribution < -0.4 is 0 Å². The monoisotopic (exact) mass is 302 g/mol. The van der Waals surface area contributed by atoms with Gasteiger partial charge in [-0.1, -0.05) is 25.6 Å². The van der Waals surface area contributed by atoms with Crippen LogP contribution in [0.1, 0.15) is 49.8 Å². The number of hydrogen-bond acceptors (Lipinski definition) is 2. The molecule has 0 bridgehead atoms. The first-order valence-corrected chi connectivity index (χ1v) is 7.73. The number of hydrogen-bond donors (Lipinski definition) is 0. The average Bonchev–Trinajstić information content (AvgIpc) is 3.33. The lowest BCUT2D eigenvalue weighted by atomic mass is 9.97. The zero-order valence-electron chi connectivity index (χ0n) is 13.8. The molecule has 0 aliphatic heterocycles. The molecule has 22 heavy (non-hydrogen) atoms. The normalized spacial score (nSPS) is 15.3. The number of allylic oxidation sites excluding steroid dienone is 2. The molecule has 118 valence electrons. The van der Waals surface area contributed by atoms with Crippen molar-refractivity contribution in [1.29, 1.82) is 0 Å². The molecule has 0 amide bonds. The number of halogens is 1. The average molecular weight is 302 g/mol. The van der Waals surface area contributed by atoms with Gasteiger partial charge in [-0.05, 0) is 62.3 Å². The summed E-state index contributed by atoms with van der Waals surface area (Å²) >= 11 is 0. The van der Waals surface area contributed by atoms with Crippen LogP contribution in [0.25, 0.3) is 5.76 Å². The molecule has 1 fully saturated rings. The first kappa shape index (κ1) is 16.5. The highest BCUT2D eigenvalue weighted by atomic mass is 19.1. The van der Waals surface area contributed by atoms with E-state index in [2.05, 4.69) is 6.58 Å². The van der Waals surface area contributed by atoms with Gasteiger partial charge in [-0.2, -0.15) is 0 Å². The van der Waals surface area contributed by atoms with Crippen molar-refractivity contribution in [3.8, 4) is 0 Å². The summed E-state index contributed by atoms with van der Waals surface area (Å²) in [5.41, 5.74) is 3.25. The van der Waals surface area contributed by atoms with E-state index in [1.807, 2.05) is 26.8 Å². The highest BCUT2D eigenvalue weighted by molar-refractivity contribution is 5.84. The molecule has 1 saturated carbocycles. The zero-order chi connectivity index (χ0) is 16.4. The van der Waals surface area contributed by atoms with E-state index in [1.165, 1.54) is 0 Å². The van der Waals surface area contributed by atoms with Crippen LogP contribution in [0.15, 0.2) is 29.9 Å². The Balaban J connectivity index is 2.55. The maximum atomic E-state index is 14.7. The Labute approximate surface area is 131 Å². The Morgan fingerprint density at radius 2 is 1.91 bits per heavy atom. The first-order chi connectivity index (χ1) is 10.4. The van der Waals surface area contributed by atoms with Crippen molar-refractivity contribution < 1.29 is 13.9 Å². The highest BCUT2D eigenvalue weighted by Gasteiger charge is 2.33. The van der Waals surface area contributed by atoms with Crippen LogP contribution in [0.5, 0.6) is 0 Å². The van der Waals surface area contributed by atoms with E-state index in [0.717, 1.165) is 36.0 Å². The van der Waals surface area contributed by atoms with Gasteiger partial charge in [0.05, 0.1) is 11.5 Å². The van der Waals surface area contributed by atoms with Crippen molar-refractivity contribution >= 4 is 11.7 Å². The molecule has 0 spiro atoms. The van der Waals surface area contributed by atoms with Crippen molar-refractivity contribution in [3.05, 3.63) is 52.4 Å². The molecule has 1 aliphatic carbocycles. The lowest BCUT2D eigenvalue weighted by molar-refractivity contribution is -0.138. The molecule has 0 saturated heterocycles. The fourth-order valence-electron chi connectivity index (χ4n) is 2.30. The number of ether oxygens (including phenoxy) is 1. The highest BCUT2D eigenvalue weighted by Crippen LogP contribution is 2.36. The third kappa shape index (κ3) is 3.29. The summed E-state index contributed by atoms with van der Waals surface area (Å²) in [5.74, 6) is -0.311. The maximum Gasteiger partial charge on any atom is 0.314 e. The third-order valence-corrected chi connectivity index (χ3v) is 4.18. The fraction of sp³-hybridized carbons (Fsp3) is 0.421. The van der Waals surface area contributed by atoms with Gasteiger partial charge in [0.15, 0.2) is 0 Å². The minimum atomic E-state index is -0.332. The zero-order valence-corrected chi connectivity index (χ0v) is 13.8. The Morgan fingerprint density at radius 3 is 2.45 bits per heavy atom. The molecule has 0 unspecified atom stereocenters. The Hall–Kier alpha value is -1.90. The standard InChI is InChI=1S/C19H23FO2/c1-6-11(2)14(5)18(22-19(21)15-9-10-15)16-12(3)7-8-13(4)17(16)20/h7-8,15H,2,6,9-10H2,1,3-5H3/b18-14+. The molecule has 0 heterocycles. The maximum absolute atomic E-state index is 14.7. The minimum absolute atomic E-state index is 0.0362. The van der Waals surface area contributed by atoms with Gasteiger partial charge in [0.1, 0.15) is 11.6 Å². The molecule has 3 heteroatoms. The van der Waals surface area contributed by atoms with Crippen LogP contribution in [0, 0.1) is 25.6 Å². The van der Waals surface area contributed by atoms with Gasteiger partial charge in [-0.3, -0.25) is 4.79 Å². The first-order valence-electron chi connectivity index (χ1n) is 7.73. The molecule has 1 aromatic rings. The van der Waals surface area contributed by atoms with E-state index in [-0.39, 0.29) is 17.7 Å². The summed E-state index contributed by atoms with van der Waals surface area (Å²) in [6.07, 6.45) is 2.44. The smallest absolute Gasteiger partial charge is 0.314 e. The van der Waals surface area contributed by atoms with Gasteiger partial charge in [0.25, 0.3) is 0 Å². The second-order valence-electron chi connectivity index (χ2n) is 5.99. The Kier molecular flexibility index (Phi) is 4.84. The number of carbonyl (C=O) groups is 1. The molecule has 1 aliphatic rings. The van der Waals surface area contributed by atoms with Crippen molar-refractivity contribution in [1.82, 2.24) is 0 Å². The van der Waals surface area contributed by atoms with Crippen molar-refractivity contribution in [2.24, 2.45) is 5.92 Å². The summed E-state index contributed by atoms with van der Waals surface area (Å²) in [6.45, 7) is 11.3. The van der Waals surface area contributed by atoms with Crippen molar-refractivity contribution in [3.63, 3.8) is 0 Å². The molecular formula is C19H23FO2. The molecule has 0 atom stereocenters. The van der Waals surface area contributed by atoms with E-state index in [0.29, 0.717) is 16.9 Å². The molecule has 0 N–H and O–H groups in total. The van der Waals surface area contributed by atoms with Crippen LogP contribution in [-0.4, -0.2) is 5.97 Å². The third-order valence-electron chi connectivity index (χ3n) is 4.18. The molecular weight excluding hydrogens is 279 g/mol. The summed E-state index contributed by atoms with van der Waals surface area (Å²) in [7, 11) is 0. The quantitative estimate of drug-likeness (QED) is 0.430. The van der Waals surface area contributed by atoms with Crippen LogP contribution in [0.2, 0.25) is 0 Å². The lowest BCUT2D eigenvalue weighted by Crippen LogP contribution is -2.10. The fourth-order valence-corrected chi connectivity index (χ4v) is 2.30. The molecule has 2 nitrogen and oxygen atoms in total. The van der Waals surface area contributed by atoms with Crippen molar-refractivity contribution in [2.75, 3.05) is 0 Å². The molecule has 2 rings (SSSR count). The molecule has 1 aromatic carbocycles. The van der Waals surface area contributed by atoms with Crippen LogP contribution in [0.4, 0.5) is 4.39 Å². The second kappa shape index (κ2) is 6.47. The summed E-state index contributed by atoms with van der Waals surface area (Å²) < 4.78 is 20.3. The number of esters is 1. The van der Waals surface area contributed by atoms with Gasteiger partial charge in [0, 0.05) is 0 Å². The number of aryl methyl sites for hydroxylation is 2. The number of rotatable bonds is 5. The predicted molar refractivity (Wildman–Crippen MR) is 86.7 cm³/mol. The van der Waals surface area contributed by atoms with E-state index < -0.39 is 0 Å². The van der Waals surface area contributed by atoms with Gasteiger partial charge in [-0.25, -0.2) is 4.39 Å². The van der Waals surface area contributed by atoms with Crippen LogP contribution in [0.3, 0.4) is 0 Å². The van der Waals surface area contributed by atoms with E-state index in [1.54, 1.807) is 13.0 Å². The van der Waals surface area contributed by atoms with E-state index in [9.17, 15) is 9.18 Å². The van der Waals surface area contributed by atoms with Gasteiger partial charge >= 0.3 is 5.97 Å². The Bertz CT molecular complexity index is 652. The molecule has 0 aromatic heterocycles. The van der Waals surface area contributed by atoms with Gasteiger partial charge < -0.3 is 4.74 Å². The lowest BCUT2D eigenvalue weighted by Gasteiger charge is -2.17. The van der Waals surface area contributed by atoms with E-state index >= 15 is 0 Å². The molecule has 0 radical (unpaired) electrons. The largest absolute Gasteiger partial charge is 0.425 e. The number of carbonyl (C=O) groups excluding carboxylic acids is 1. The number of benzene rings is 1. The predicted octanol–water partition coefficient (Wildman–Crippen LogP) is 5.09. The van der Waals surface area contributed by atoms with Crippen molar-refractivity contribution in [2.45, 2.75) is 47.0 Å². The van der Waals surface area contributed by atoms with Crippen LogP contribution >= 0.6 is 0 Å². The SMILES string of the molecule is C=C(CC)/C(C)=C(/OC(=O)C1CC1)c1c(C)ccc(C)c1F. The minimum Gasteiger partial charge on any atom is -0.425 e. The summed E-state index contributed by atoms with van der Waals surface area (Å²) in [6, 6.07) is 3.58. The van der Waals surface area contributed by atoms with E-state index in [4.69, 9.17) is 4.74 Å². The Morgan fingerprint density at radius 1 is 1.32 bits per heavy atom. The van der Waals surface area contributed by atoms with Gasteiger partial charge in [-0.15, -0.1) is 0 Å².